The lowest BCUT2D eigenvalue weighted by atomic mass is 9.92. The Morgan fingerprint density at radius 3 is 2.77 bits per heavy atom. The van der Waals surface area contributed by atoms with Crippen LogP contribution in [0.2, 0.25) is 0 Å². The van der Waals surface area contributed by atoms with Gasteiger partial charge in [-0.3, -0.25) is 9.89 Å². The molecule has 146 valence electrons. The molecule has 1 atom stereocenters. The van der Waals surface area contributed by atoms with Crippen LogP contribution >= 0.6 is 0 Å². The standard InChI is InChI=1S/C20H35N5O/c1-15(2)19-12-18(26-24-19)13-22-20(21-3)23-16-8-7-11-25(14-16)17-9-5-4-6-10-17/h12,15-17H,4-11,13-14H2,1-3H3,(H2,21,22,23). The van der Waals surface area contributed by atoms with E-state index < -0.39 is 0 Å². The first-order valence-corrected chi connectivity index (χ1v) is 10.3. The van der Waals surface area contributed by atoms with Gasteiger partial charge in [-0.1, -0.05) is 38.3 Å². The number of nitrogens with zero attached hydrogens (tertiary/aromatic N) is 3. The highest BCUT2D eigenvalue weighted by atomic mass is 16.5. The Morgan fingerprint density at radius 1 is 1.27 bits per heavy atom. The van der Waals surface area contributed by atoms with Crippen molar-refractivity contribution in [2.75, 3.05) is 20.1 Å². The van der Waals surface area contributed by atoms with Crippen molar-refractivity contribution in [1.29, 1.82) is 0 Å². The Balaban J connectivity index is 1.47. The molecule has 1 aliphatic heterocycles. The van der Waals surface area contributed by atoms with Gasteiger partial charge in [0.15, 0.2) is 11.7 Å². The summed E-state index contributed by atoms with van der Waals surface area (Å²) >= 11 is 0. The summed E-state index contributed by atoms with van der Waals surface area (Å²) < 4.78 is 5.40. The quantitative estimate of drug-likeness (QED) is 0.622. The van der Waals surface area contributed by atoms with Crippen molar-refractivity contribution in [3.63, 3.8) is 0 Å². The normalized spacial score (nSPS) is 23.4. The van der Waals surface area contributed by atoms with Crippen LogP contribution < -0.4 is 10.6 Å². The summed E-state index contributed by atoms with van der Waals surface area (Å²) in [5.74, 6) is 2.09. The maximum absolute atomic E-state index is 5.40. The summed E-state index contributed by atoms with van der Waals surface area (Å²) in [6.07, 6.45) is 9.46. The lowest BCUT2D eigenvalue weighted by Gasteiger charge is -2.40. The summed E-state index contributed by atoms with van der Waals surface area (Å²) in [4.78, 5) is 7.10. The molecule has 2 N–H and O–H groups in total. The number of guanidine groups is 1. The third-order valence-electron chi connectivity index (χ3n) is 5.71. The van der Waals surface area contributed by atoms with Gasteiger partial charge in [-0.05, 0) is 38.1 Å². The summed E-state index contributed by atoms with van der Waals surface area (Å²) in [5, 5.41) is 11.1. The van der Waals surface area contributed by atoms with Gasteiger partial charge in [-0.15, -0.1) is 0 Å². The van der Waals surface area contributed by atoms with Crippen LogP contribution in [-0.2, 0) is 6.54 Å². The highest BCUT2D eigenvalue weighted by Gasteiger charge is 2.27. The summed E-state index contributed by atoms with van der Waals surface area (Å²) in [7, 11) is 1.83. The number of nitrogens with one attached hydrogen (secondary N) is 2. The zero-order chi connectivity index (χ0) is 18.4. The van der Waals surface area contributed by atoms with E-state index in [9.17, 15) is 0 Å². The molecule has 1 aliphatic carbocycles. The molecule has 3 rings (SSSR count). The van der Waals surface area contributed by atoms with Gasteiger partial charge < -0.3 is 15.2 Å². The molecule has 1 aromatic heterocycles. The molecule has 0 amide bonds. The number of hydrogen-bond acceptors (Lipinski definition) is 4. The molecule has 2 heterocycles. The first-order chi connectivity index (χ1) is 12.7. The summed E-state index contributed by atoms with van der Waals surface area (Å²) in [6, 6.07) is 3.29. The molecule has 6 heteroatoms. The second kappa shape index (κ2) is 9.40. The predicted molar refractivity (Wildman–Crippen MR) is 105 cm³/mol. The van der Waals surface area contributed by atoms with E-state index in [1.807, 2.05) is 13.1 Å². The lowest BCUT2D eigenvalue weighted by molar-refractivity contribution is 0.115. The molecule has 6 nitrogen and oxygen atoms in total. The van der Waals surface area contributed by atoms with Gasteiger partial charge in [-0.25, -0.2) is 0 Å². The number of rotatable bonds is 5. The predicted octanol–water partition coefficient (Wildman–Crippen LogP) is 3.26. The van der Waals surface area contributed by atoms with E-state index in [0.717, 1.165) is 30.0 Å². The van der Waals surface area contributed by atoms with Crippen LogP contribution in [0.1, 0.15) is 76.2 Å². The topological polar surface area (TPSA) is 65.7 Å². The first-order valence-electron chi connectivity index (χ1n) is 10.3. The maximum Gasteiger partial charge on any atom is 0.191 e. The molecule has 26 heavy (non-hydrogen) atoms. The number of hydrogen-bond donors (Lipinski definition) is 2. The van der Waals surface area contributed by atoms with Gasteiger partial charge >= 0.3 is 0 Å². The van der Waals surface area contributed by atoms with Crippen LogP contribution in [0, 0.1) is 0 Å². The lowest BCUT2D eigenvalue weighted by Crippen LogP contribution is -2.53. The van der Waals surface area contributed by atoms with Crippen molar-refractivity contribution in [1.82, 2.24) is 20.7 Å². The summed E-state index contributed by atoms with van der Waals surface area (Å²) in [5.41, 5.74) is 1.00. The molecular formula is C20H35N5O. The molecule has 2 fully saturated rings. The van der Waals surface area contributed by atoms with Crippen LogP contribution in [-0.4, -0.2) is 48.2 Å². The minimum absolute atomic E-state index is 0.387. The zero-order valence-electron chi connectivity index (χ0n) is 16.6. The molecule has 1 saturated heterocycles. The largest absolute Gasteiger partial charge is 0.359 e. The smallest absolute Gasteiger partial charge is 0.191 e. The Hall–Kier alpha value is -1.56. The van der Waals surface area contributed by atoms with Crippen molar-refractivity contribution in [3.8, 4) is 0 Å². The number of piperidine rings is 1. The zero-order valence-corrected chi connectivity index (χ0v) is 16.6. The van der Waals surface area contributed by atoms with Crippen molar-refractivity contribution in [3.05, 3.63) is 17.5 Å². The molecule has 0 radical (unpaired) electrons. The fraction of sp³-hybridized carbons (Fsp3) is 0.800. The van der Waals surface area contributed by atoms with Crippen LogP contribution in [0.4, 0.5) is 0 Å². The Labute approximate surface area is 157 Å². The van der Waals surface area contributed by atoms with E-state index in [0.29, 0.717) is 18.5 Å². The molecule has 1 unspecified atom stereocenters. The van der Waals surface area contributed by atoms with E-state index in [1.165, 1.54) is 51.5 Å². The SMILES string of the molecule is CN=C(NCc1cc(C(C)C)no1)NC1CCCN(C2CCCCC2)C1. The van der Waals surface area contributed by atoms with Gasteiger partial charge in [-0.2, -0.15) is 0 Å². The highest BCUT2D eigenvalue weighted by Crippen LogP contribution is 2.25. The molecule has 2 aliphatic rings. The molecule has 1 aromatic rings. The van der Waals surface area contributed by atoms with Gasteiger partial charge in [0.25, 0.3) is 0 Å². The van der Waals surface area contributed by atoms with Gasteiger partial charge in [0.1, 0.15) is 0 Å². The minimum Gasteiger partial charge on any atom is -0.359 e. The van der Waals surface area contributed by atoms with E-state index in [2.05, 4.69) is 39.5 Å². The minimum atomic E-state index is 0.387. The van der Waals surface area contributed by atoms with Gasteiger partial charge in [0, 0.05) is 31.7 Å². The molecule has 1 saturated carbocycles. The van der Waals surface area contributed by atoms with Crippen molar-refractivity contribution in [2.45, 2.75) is 83.3 Å². The maximum atomic E-state index is 5.40. The molecule has 0 spiro atoms. The van der Waals surface area contributed by atoms with E-state index in [-0.39, 0.29) is 0 Å². The van der Waals surface area contributed by atoms with E-state index in [4.69, 9.17) is 4.52 Å². The second-order valence-corrected chi connectivity index (χ2v) is 8.07. The third kappa shape index (κ3) is 5.22. The highest BCUT2D eigenvalue weighted by molar-refractivity contribution is 5.79. The van der Waals surface area contributed by atoms with E-state index in [1.54, 1.807) is 0 Å². The Morgan fingerprint density at radius 2 is 2.08 bits per heavy atom. The van der Waals surface area contributed by atoms with Crippen LogP contribution in [0.25, 0.3) is 0 Å². The Kier molecular flexibility index (Phi) is 6.94. The fourth-order valence-corrected chi connectivity index (χ4v) is 4.15. The van der Waals surface area contributed by atoms with Crippen molar-refractivity contribution in [2.24, 2.45) is 4.99 Å². The molecule has 0 bridgehead atoms. The van der Waals surface area contributed by atoms with Crippen LogP contribution in [0.5, 0.6) is 0 Å². The number of aromatic nitrogens is 1. The Bertz CT molecular complexity index is 577. The number of aliphatic imine (C=N–C) groups is 1. The fourth-order valence-electron chi connectivity index (χ4n) is 4.15. The third-order valence-corrected chi connectivity index (χ3v) is 5.71. The average Bonchev–Trinajstić information content (AvgIpc) is 3.15. The summed E-state index contributed by atoms with van der Waals surface area (Å²) in [6.45, 7) is 7.24. The van der Waals surface area contributed by atoms with Crippen LogP contribution in [0.3, 0.4) is 0 Å². The van der Waals surface area contributed by atoms with Gasteiger partial charge in [0.2, 0.25) is 0 Å². The first kappa shape index (κ1) is 19.2. The van der Waals surface area contributed by atoms with Crippen molar-refractivity contribution < 1.29 is 4.52 Å². The molecular weight excluding hydrogens is 326 g/mol. The van der Waals surface area contributed by atoms with Crippen LogP contribution in [0.15, 0.2) is 15.6 Å². The van der Waals surface area contributed by atoms with E-state index >= 15 is 0 Å². The monoisotopic (exact) mass is 361 g/mol. The average molecular weight is 362 g/mol. The van der Waals surface area contributed by atoms with Gasteiger partial charge in [0.05, 0.1) is 12.2 Å². The number of likely N-dealkylation sites (tertiary alicyclic amines) is 1. The second-order valence-electron chi connectivity index (χ2n) is 8.07. The molecule has 0 aromatic carbocycles. The van der Waals surface area contributed by atoms with Crippen molar-refractivity contribution >= 4 is 5.96 Å².